The third-order valence-corrected chi connectivity index (χ3v) is 4.32. The van der Waals surface area contributed by atoms with Crippen LogP contribution in [0.15, 0.2) is 30.5 Å². The predicted octanol–water partition coefficient (Wildman–Crippen LogP) is 2.92. The molecule has 1 aliphatic rings. The molecule has 1 aliphatic heterocycles. The lowest BCUT2D eigenvalue weighted by molar-refractivity contribution is -0.0337. The highest BCUT2D eigenvalue weighted by Gasteiger charge is 2.20. The first kappa shape index (κ1) is 13.7. The Labute approximate surface area is 121 Å². The molecule has 3 heteroatoms. The van der Waals surface area contributed by atoms with Gasteiger partial charge >= 0.3 is 0 Å². The van der Waals surface area contributed by atoms with Crippen molar-refractivity contribution in [1.82, 2.24) is 9.47 Å². The highest BCUT2D eigenvalue weighted by Crippen LogP contribution is 2.22. The summed E-state index contributed by atoms with van der Waals surface area (Å²) in [5.74, 6) is 0. The highest BCUT2D eigenvalue weighted by molar-refractivity contribution is 5.83. The highest BCUT2D eigenvalue weighted by atomic mass is 16.5. The van der Waals surface area contributed by atoms with Crippen molar-refractivity contribution in [3.63, 3.8) is 0 Å². The van der Waals surface area contributed by atoms with Gasteiger partial charge in [0.15, 0.2) is 0 Å². The van der Waals surface area contributed by atoms with Crippen molar-refractivity contribution in [2.24, 2.45) is 0 Å². The molecular formula is C17H24N2O. The van der Waals surface area contributed by atoms with Gasteiger partial charge in [-0.05, 0) is 30.0 Å². The summed E-state index contributed by atoms with van der Waals surface area (Å²) in [4.78, 5) is 2.47. The van der Waals surface area contributed by atoms with Gasteiger partial charge in [0.25, 0.3) is 0 Å². The van der Waals surface area contributed by atoms with Gasteiger partial charge in [-0.25, -0.2) is 0 Å². The van der Waals surface area contributed by atoms with Crippen LogP contribution in [-0.2, 0) is 17.7 Å². The van der Waals surface area contributed by atoms with Gasteiger partial charge in [0.05, 0.1) is 24.8 Å². The molecule has 2 heterocycles. The quantitative estimate of drug-likeness (QED) is 0.851. The Kier molecular flexibility index (Phi) is 4.08. The van der Waals surface area contributed by atoms with Crippen LogP contribution in [0.1, 0.15) is 19.4 Å². The third-order valence-electron chi connectivity index (χ3n) is 4.32. The van der Waals surface area contributed by atoms with Crippen molar-refractivity contribution < 1.29 is 4.74 Å². The molecule has 1 fully saturated rings. The Morgan fingerprint density at radius 1 is 1.25 bits per heavy atom. The summed E-state index contributed by atoms with van der Waals surface area (Å²) in [5, 5.41) is 1.34. The molecule has 3 rings (SSSR count). The second-order valence-electron chi connectivity index (χ2n) is 5.56. The molecule has 1 atom stereocenters. The average molecular weight is 272 g/mol. The largest absolute Gasteiger partial charge is 0.374 e. The summed E-state index contributed by atoms with van der Waals surface area (Å²) in [6.45, 7) is 9.50. The third kappa shape index (κ3) is 2.60. The normalized spacial score (nSPS) is 20.6. The Morgan fingerprint density at radius 2 is 2.15 bits per heavy atom. The minimum Gasteiger partial charge on any atom is -0.374 e. The molecule has 108 valence electrons. The van der Waals surface area contributed by atoms with Crippen LogP contribution in [0.25, 0.3) is 10.9 Å². The molecule has 2 aromatic rings. The summed E-state index contributed by atoms with van der Waals surface area (Å²) in [6.07, 6.45) is 3.59. The molecule has 0 spiro atoms. The number of hydrogen-bond donors (Lipinski definition) is 0. The van der Waals surface area contributed by atoms with E-state index >= 15 is 0 Å². The molecule has 1 saturated heterocycles. The number of morpholine rings is 1. The summed E-state index contributed by atoms with van der Waals surface area (Å²) < 4.78 is 8.32. The van der Waals surface area contributed by atoms with E-state index in [0.29, 0.717) is 6.10 Å². The molecule has 0 bridgehead atoms. The van der Waals surface area contributed by atoms with E-state index in [1.54, 1.807) is 0 Å². The van der Waals surface area contributed by atoms with Crippen LogP contribution < -0.4 is 0 Å². The molecule has 0 radical (unpaired) electrons. The monoisotopic (exact) mass is 272 g/mol. The van der Waals surface area contributed by atoms with Crippen LogP contribution in [0.4, 0.5) is 0 Å². The number of para-hydroxylation sites is 1. The Bertz CT molecular complexity index is 575. The Balaban J connectivity index is 1.84. The van der Waals surface area contributed by atoms with E-state index in [0.717, 1.165) is 39.2 Å². The van der Waals surface area contributed by atoms with Crippen LogP contribution in [0.3, 0.4) is 0 Å². The number of aryl methyl sites for hydroxylation is 1. The lowest BCUT2D eigenvalue weighted by atomic mass is 10.1. The fourth-order valence-electron chi connectivity index (χ4n) is 3.18. The van der Waals surface area contributed by atoms with E-state index in [4.69, 9.17) is 4.74 Å². The zero-order chi connectivity index (χ0) is 13.9. The molecule has 3 nitrogen and oxygen atoms in total. The van der Waals surface area contributed by atoms with Crippen LogP contribution >= 0.6 is 0 Å². The number of aromatic nitrogens is 1. The minimum atomic E-state index is 0.309. The molecule has 20 heavy (non-hydrogen) atoms. The zero-order valence-electron chi connectivity index (χ0n) is 12.5. The fraction of sp³-hybridized carbons (Fsp3) is 0.529. The Morgan fingerprint density at radius 3 is 2.95 bits per heavy atom. The van der Waals surface area contributed by atoms with Gasteiger partial charge in [-0.1, -0.05) is 32.0 Å². The van der Waals surface area contributed by atoms with Gasteiger partial charge in [-0.2, -0.15) is 0 Å². The lowest BCUT2D eigenvalue weighted by Gasteiger charge is -2.32. The van der Waals surface area contributed by atoms with Crippen LogP contribution in [0, 0.1) is 0 Å². The number of hydrogen-bond acceptors (Lipinski definition) is 2. The van der Waals surface area contributed by atoms with Gasteiger partial charge in [0.2, 0.25) is 0 Å². The Hall–Kier alpha value is -1.32. The zero-order valence-corrected chi connectivity index (χ0v) is 12.5. The van der Waals surface area contributed by atoms with Crippen molar-refractivity contribution in [3.05, 3.63) is 36.0 Å². The standard InChI is InChI=1S/C17H24N2O/c1-3-14-6-5-7-15-8-9-19(17(14)15)13-16-12-18(4-2)10-11-20-16/h5-9,16H,3-4,10-13H2,1-2H3. The van der Waals surface area contributed by atoms with Crippen molar-refractivity contribution in [1.29, 1.82) is 0 Å². The number of likely N-dealkylation sites (N-methyl/N-ethyl adjacent to an activating group) is 1. The minimum absolute atomic E-state index is 0.309. The van der Waals surface area contributed by atoms with Crippen molar-refractivity contribution in [2.75, 3.05) is 26.2 Å². The van der Waals surface area contributed by atoms with Gasteiger partial charge in [-0.15, -0.1) is 0 Å². The average Bonchev–Trinajstić information content (AvgIpc) is 2.90. The van der Waals surface area contributed by atoms with Crippen LogP contribution in [0.5, 0.6) is 0 Å². The summed E-state index contributed by atoms with van der Waals surface area (Å²) >= 11 is 0. The summed E-state index contributed by atoms with van der Waals surface area (Å²) in [5.41, 5.74) is 2.81. The predicted molar refractivity (Wildman–Crippen MR) is 83.2 cm³/mol. The second-order valence-corrected chi connectivity index (χ2v) is 5.56. The van der Waals surface area contributed by atoms with Crippen molar-refractivity contribution in [3.8, 4) is 0 Å². The number of rotatable bonds is 4. The molecule has 0 aliphatic carbocycles. The SMILES string of the molecule is CCc1cccc2ccn(CC3CN(CC)CCO3)c12. The van der Waals surface area contributed by atoms with E-state index < -0.39 is 0 Å². The maximum absolute atomic E-state index is 5.94. The lowest BCUT2D eigenvalue weighted by Crippen LogP contribution is -2.43. The number of nitrogens with zero attached hydrogens (tertiary/aromatic N) is 2. The maximum atomic E-state index is 5.94. The molecule has 0 N–H and O–H groups in total. The van der Waals surface area contributed by atoms with E-state index in [-0.39, 0.29) is 0 Å². The maximum Gasteiger partial charge on any atom is 0.0881 e. The summed E-state index contributed by atoms with van der Waals surface area (Å²) in [6, 6.07) is 8.81. The first-order valence-electron chi connectivity index (χ1n) is 7.72. The van der Waals surface area contributed by atoms with E-state index in [1.165, 1.54) is 16.5 Å². The van der Waals surface area contributed by atoms with Gasteiger partial charge < -0.3 is 9.30 Å². The van der Waals surface area contributed by atoms with Gasteiger partial charge in [0.1, 0.15) is 0 Å². The number of benzene rings is 1. The first-order valence-corrected chi connectivity index (χ1v) is 7.72. The fourth-order valence-corrected chi connectivity index (χ4v) is 3.18. The molecule has 0 amide bonds. The van der Waals surface area contributed by atoms with E-state index in [1.807, 2.05) is 0 Å². The van der Waals surface area contributed by atoms with Gasteiger partial charge in [0, 0.05) is 19.3 Å². The smallest absolute Gasteiger partial charge is 0.0881 e. The molecule has 1 aromatic heterocycles. The topological polar surface area (TPSA) is 17.4 Å². The number of fused-ring (bicyclic) bond motifs is 1. The van der Waals surface area contributed by atoms with Crippen LogP contribution in [-0.4, -0.2) is 41.8 Å². The first-order chi connectivity index (χ1) is 9.81. The summed E-state index contributed by atoms with van der Waals surface area (Å²) in [7, 11) is 0. The van der Waals surface area contributed by atoms with Crippen molar-refractivity contribution >= 4 is 10.9 Å². The molecule has 1 aromatic carbocycles. The van der Waals surface area contributed by atoms with E-state index in [2.05, 4.69) is 53.8 Å². The second kappa shape index (κ2) is 5.98. The number of ether oxygens (including phenoxy) is 1. The molecule has 0 saturated carbocycles. The molecule has 1 unspecified atom stereocenters. The van der Waals surface area contributed by atoms with Gasteiger partial charge in [-0.3, -0.25) is 4.90 Å². The molecular weight excluding hydrogens is 248 g/mol. The van der Waals surface area contributed by atoms with Crippen molar-refractivity contribution in [2.45, 2.75) is 32.9 Å². The van der Waals surface area contributed by atoms with Crippen LogP contribution in [0.2, 0.25) is 0 Å². The van der Waals surface area contributed by atoms with E-state index in [9.17, 15) is 0 Å².